The van der Waals surface area contributed by atoms with Crippen LogP contribution in [0.15, 0.2) is 73.4 Å². The number of unbranched alkanes of at least 4 members (excludes halogenated alkanes) is 3. The zero-order chi connectivity index (χ0) is 52.5. The summed E-state index contributed by atoms with van der Waals surface area (Å²) < 4.78 is 60.8. The Morgan fingerprint density at radius 3 is 2.13 bits per heavy atom. The molecule has 71 heavy (non-hydrogen) atoms. The van der Waals surface area contributed by atoms with Gasteiger partial charge in [-0.25, -0.2) is 19.3 Å². The summed E-state index contributed by atoms with van der Waals surface area (Å²) in [6.07, 6.45) is 22.8. The van der Waals surface area contributed by atoms with Gasteiger partial charge in [0.2, 0.25) is 11.8 Å². The van der Waals surface area contributed by atoms with Gasteiger partial charge in [0.15, 0.2) is 22.8 Å². The van der Waals surface area contributed by atoms with Gasteiger partial charge in [0.25, 0.3) is 15.6 Å². The SMILES string of the molecule is CC/C=C\C/C=C\C/C=C\C/C=C\C/C=C\CCCCCC(=O)SCCNC(=O)CCNC(=O)[C@H](O)C(C)(C)COP(=O)([O-])OP(=O)([O-])OC[C@H]1O[C@@H](n2cnc3c(N)ncnc32)[C@H](O)[C@@H]1OP(=O)([O-])[O-]. The molecule has 3 rings (SSSR count). The van der Waals surface area contributed by atoms with Crippen molar-refractivity contribution in [1.82, 2.24) is 30.2 Å². The number of nitrogens with one attached hydrogen (secondary N) is 2. The van der Waals surface area contributed by atoms with Gasteiger partial charge < -0.3 is 69.0 Å². The Morgan fingerprint density at radius 2 is 1.49 bits per heavy atom. The number of hydrogen-bond donors (Lipinski definition) is 5. The number of nitrogens with two attached hydrogens (primary N) is 1. The van der Waals surface area contributed by atoms with Crippen molar-refractivity contribution in [3.63, 3.8) is 0 Å². The van der Waals surface area contributed by atoms with E-state index in [1.165, 1.54) is 13.8 Å². The predicted octanol–water partition coefficient (Wildman–Crippen LogP) is 2.84. The molecule has 1 aliphatic heterocycles. The quantitative estimate of drug-likeness (QED) is 0.0382. The van der Waals surface area contributed by atoms with Gasteiger partial charge in [-0.05, 0) is 51.4 Å². The van der Waals surface area contributed by atoms with Crippen LogP contribution in [0.4, 0.5) is 5.82 Å². The molecular formula is C43H64N7O17P3S-4. The van der Waals surface area contributed by atoms with E-state index in [2.05, 4.69) is 111 Å². The molecule has 0 spiro atoms. The summed E-state index contributed by atoms with van der Waals surface area (Å²) >= 11 is 1.12. The highest BCUT2D eigenvalue weighted by atomic mass is 32.2. The van der Waals surface area contributed by atoms with E-state index in [1.807, 2.05) is 0 Å². The Labute approximate surface area is 417 Å². The van der Waals surface area contributed by atoms with Crippen molar-refractivity contribution < 1.29 is 80.5 Å². The minimum absolute atomic E-state index is 0.0214. The second-order valence-corrected chi connectivity index (χ2v) is 21.7. The molecule has 24 nitrogen and oxygen atoms in total. The van der Waals surface area contributed by atoms with Crippen molar-refractivity contribution in [2.45, 2.75) is 122 Å². The number of rotatable bonds is 34. The molecule has 0 aromatic carbocycles. The number of phosphoric ester groups is 3. The van der Waals surface area contributed by atoms with Crippen LogP contribution in [0.2, 0.25) is 0 Å². The molecule has 2 amide bonds. The number of ether oxygens (including phenoxy) is 1. The number of thioether (sulfide) groups is 1. The molecule has 2 aromatic rings. The summed E-state index contributed by atoms with van der Waals surface area (Å²) in [5.41, 5.74) is 4.08. The fraction of sp³-hybridized carbons (Fsp3) is 0.581. The Balaban J connectivity index is 1.28. The van der Waals surface area contributed by atoms with Crippen LogP contribution in [-0.2, 0) is 50.7 Å². The molecule has 0 bridgehead atoms. The Kier molecular flexibility index (Phi) is 27.0. The zero-order valence-electron chi connectivity index (χ0n) is 39.8. The van der Waals surface area contributed by atoms with E-state index in [4.69, 9.17) is 10.5 Å². The number of aromatic nitrogens is 4. The molecule has 7 atom stereocenters. The first-order valence-corrected chi connectivity index (χ1v) is 28.1. The summed E-state index contributed by atoms with van der Waals surface area (Å²) in [5, 5.41) is 26.4. The van der Waals surface area contributed by atoms with Crippen molar-refractivity contribution in [1.29, 1.82) is 0 Å². The molecule has 1 fully saturated rings. The maximum absolute atomic E-state index is 12.7. The van der Waals surface area contributed by atoms with Gasteiger partial charge in [0.1, 0.15) is 36.3 Å². The van der Waals surface area contributed by atoms with E-state index in [0.29, 0.717) is 12.2 Å². The van der Waals surface area contributed by atoms with E-state index in [0.717, 1.165) is 86.8 Å². The molecule has 3 heterocycles. The smallest absolute Gasteiger partial charge is 0.274 e. The number of amides is 2. The van der Waals surface area contributed by atoms with Crippen molar-refractivity contribution >= 4 is 69.1 Å². The van der Waals surface area contributed by atoms with Crippen LogP contribution in [-0.4, -0.2) is 103 Å². The Morgan fingerprint density at radius 1 is 0.873 bits per heavy atom. The first-order valence-electron chi connectivity index (χ1n) is 22.8. The van der Waals surface area contributed by atoms with Crippen LogP contribution >= 0.6 is 35.2 Å². The number of anilines is 1. The fourth-order valence-corrected chi connectivity index (χ4v) is 9.88. The highest BCUT2D eigenvalue weighted by Gasteiger charge is 2.47. The first kappa shape index (κ1) is 61.6. The summed E-state index contributed by atoms with van der Waals surface area (Å²) in [4.78, 5) is 96.9. The van der Waals surface area contributed by atoms with Gasteiger partial charge in [-0.15, -0.1) is 0 Å². The highest BCUT2D eigenvalue weighted by Crippen LogP contribution is 2.56. The maximum atomic E-state index is 12.7. The highest BCUT2D eigenvalue weighted by molar-refractivity contribution is 8.13. The second-order valence-electron chi connectivity index (χ2n) is 16.5. The largest absolute Gasteiger partial charge is 0.790 e. The van der Waals surface area contributed by atoms with E-state index in [-0.39, 0.29) is 41.6 Å². The standard InChI is InChI=1S/C43H68N7O17P3S/c1-4-5-6-7-8-9-10-11-12-13-14-15-16-17-18-19-20-21-22-23-34(52)71-27-26-45-33(51)24-25-46-41(55)38(54)43(2,3)29-64-70(61,62)67-69(59,60)63-28-32-37(66-68(56,57)58)36(53)42(65-32)50-31-49-35-39(44)47-30-48-40(35)50/h5-6,8-9,11-12,14-15,17-18,30-32,36-38,42,53-54H,4,7,10,13,16,19-29H2,1-3H3,(H,45,51)(H,46,55)(H,59,60)(H,61,62)(H2,44,47,48)(H2,56,57,58)/p-4/b6-5-,9-8-,12-11-,15-14-,18-17-/t32-,36-,37-,38+,42-/m1/s1. The lowest BCUT2D eigenvalue weighted by Crippen LogP contribution is -2.46. The monoisotopic (exact) mass is 1080 g/mol. The third-order valence-corrected chi connectivity index (χ3v) is 14.1. The van der Waals surface area contributed by atoms with Crippen molar-refractivity contribution in [3.8, 4) is 0 Å². The number of hydrogen-bond acceptors (Lipinski definition) is 22. The lowest BCUT2D eigenvalue weighted by molar-refractivity contribution is -0.347. The van der Waals surface area contributed by atoms with E-state index in [1.54, 1.807) is 0 Å². The number of carbonyl (C=O) groups excluding carboxylic acids is 3. The van der Waals surface area contributed by atoms with Gasteiger partial charge in [0.05, 0.1) is 27.4 Å². The first-order chi connectivity index (χ1) is 33.6. The summed E-state index contributed by atoms with van der Waals surface area (Å²) in [5.74, 6) is -1.18. The van der Waals surface area contributed by atoms with Gasteiger partial charge in [0, 0.05) is 37.1 Å². The Hall–Kier alpha value is -3.74. The molecule has 398 valence electrons. The molecule has 28 heteroatoms. The lowest BCUT2D eigenvalue weighted by atomic mass is 9.87. The Bertz CT molecular complexity index is 2310. The van der Waals surface area contributed by atoms with Crippen LogP contribution in [0.1, 0.15) is 97.6 Å². The van der Waals surface area contributed by atoms with Crippen LogP contribution in [0.25, 0.3) is 11.2 Å². The summed E-state index contributed by atoms with van der Waals surface area (Å²) in [6, 6.07) is 0. The van der Waals surface area contributed by atoms with Crippen LogP contribution in [0.5, 0.6) is 0 Å². The van der Waals surface area contributed by atoms with Crippen LogP contribution < -0.4 is 35.9 Å². The number of aliphatic hydroxyl groups excluding tert-OH is 2. The minimum atomic E-state index is -5.93. The third-order valence-electron chi connectivity index (χ3n) is 10.1. The molecule has 0 saturated carbocycles. The van der Waals surface area contributed by atoms with E-state index in [9.17, 15) is 57.9 Å². The molecule has 6 N–H and O–H groups in total. The topological polar surface area (TPSA) is 375 Å². The minimum Gasteiger partial charge on any atom is -0.790 e. The van der Waals surface area contributed by atoms with Gasteiger partial charge >= 0.3 is 0 Å². The number of imidazole rings is 1. The van der Waals surface area contributed by atoms with E-state index < -0.39 is 84.6 Å². The summed E-state index contributed by atoms with van der Waals surface area (Å²) in [7, 11) is -17.6. The van der Waals surface area contributed by atoms with E-state index >= 15 is 0 Å². The molecule has 0 aliphatic carbocycles. The maximum Gasteiger partial charge on any atom is 0.274 e. The van der Waals surface area contributed by atoms with Crippen molar-refractivity contribution in [3.05, 3.63) is 73.4 Å². The van der Waals surface area contributed by atoms with Crippen LogP contribution in [0.3, 0.4) is 0 Å². The second kappa shape index (κ2) is 31.1. The lowest BCUT2D eigenvalue weighted by Gasteiger charge is -2.36. The molecule has 2 aromatic heterocycles. The molecule has 1 aliphatic rings. The van der Waals surface area contributed by atoms with Crippen molar-refractivity contribution in [2.75, 3.05) is 37.8 Å². The van der Waals surface area contributed by atoms with Crippen molar-refractivity contribution in [2.24, 2.45) is 5.41 Å². The fourth-order valence-electron chi connectivity index (χ4n) is 6.42. The third kappa shape index (κ3) is 23.8. The molecule has 2 unspecified atom stereocenters. The van der Waals surface area contributed by atoms with Crippen LogP contribution in [0, 0.1) is 5.41 Å². The predicted molar refractivity (Wildman–Crippen MR) is 256 cm³/mol. The number of nitrogen functional groups attached to an aromatic ring is 1. The number of nitrogens with zero attached hydrogens (tertiary/aromatic N) is 4. The average molecular weight is 1080 g/mol. The normalized spacial score (nSPS) is 20.2. The molecular weight excluding hydrogens is 1010 g/mol. The molecule has 1 saturated heterocycles. The molecule has 0 radical (unpaired) electrons. The average Bonchev–Trinajstić information content (AvgIpc) is 3.86. The zero-order valence-corrected chi connectivity index (χ0v) is 43.3. The number of carbonyl (C=O) groups is 3. The number of allylic oxidation sites excluding steroid dienone is 10. The summed E-state index contributed by atoms with van der Waals surface area (Å²) in [6.45, 7) is 2.24. The van der Waals surface area contributed by atoms with Gasteiger partial charge in [-0.3, -0.25) is 28.1 Å². The number of aliphatic hydroxyl groups is 2. The van der Waals surface area contributed by atoms with Gasteiger partial charge in [-0.1, -0.05) is 99.7 Å². The van der Waals surface area contributed by atoms with Gasteiger partial charge in [-0.2, -0.15) is 0 Å². The number of phosphoric acid groups is 3. The number of fused-ring (bicyclic) bond motifs is 1.